The summed E-state index contributed by atoms with van der Waals surface area (Å²) in [5.41, 5.74) is 0.623. The van der Waals surface area contributed by atoms with Crippen LogP contribution in [0.2, 0.25) is 0 Å². The summed E-state index contributed by atoms with van der Waals surface area (Å²) in [6.07, 6.45) is 0.145. The molecule has 0 bridgehead atoms. The maximum atomic E-state index is 12.7. The summed E-state index contributed by atoms with van der Waals surface area (Å²) in [6, 6.07) is 12.2. The van der Waals surface area contributed by atoms with Gasteiger partial charge in [0, 0.05) is 26.2 Å². The van der Waals surface area contributed by atoms with Gasteiger partial charge in [0.1, 0.15) is 5.76 Å². The number of sulfonamides is 1. The smallest absolute Gasteiger partial charge is 0.243 e. The Morgan fingerprint density at radius 1 is 1.10 bits per heavy atom. The lowest BCUT2D eigenvalue weighted by Gasteiger charge is -2.34. The van der Waals surface area contributed by atoms with Crippen molar-refractivity contribution in [3.63, 3.8) is 0 Å². The molecule has 0 atom stereocenters. The zero-order valence-corrected chi connectivity index (χ0v) is 17.6. The minimum Gasteiger partial charge on any atom is -0.440 e. The highest BCUT2D eigenvalue weighted by Gasteiger charge is 2.30. The van der Waals surface area contributed by atoms with Gasteiger partial charge >= 0.3 is 0 Å². The highest BCUT2D eigenvalue weighted by molar-refractivity contribution is 7.89. The van der Waals surface area contributed by atoms with Gasteiger partial charge in [0.15, 0.2) is 0 Å². The first-order valence-electron chi connectivity index (χ1n) is 9.28. The Balaban J connectivity index is 1.39. The van der Waals surface area contributed by atoms with Crippen molar-refractivity contribution in [2.45, 2.75) is 18.2 Å². The fraction of sp³-hybridized carbons (Fsp3) is 0.300. The molecule has 152 valence electrons. The van der Waals surface area contributed by atoms with Crippen LogP contribution >= 0.6 is 11.3 Å². The molecule has 4 rings (SSSR count). The number of aryl methyl sites for hydroxylation is 1. The van der Waals surface area contributed by atoms with E-state index in [9.17, 15) is 13.2 Å². The average Bonchev–Trinajstić information content (AvgIpc) is 3.39. The van der Waals surface area contributed by atoms with Crippen molar-refractivity contribution in [1.82, 2.24) is 14.2 Å². The Morgan fingerprint density at radius 2 is 1.83 bits per heavy atom. The van der Waals surface area contributed by atoms with Gasteiger partial charge in [-0.3, -0.25) is 4.79 Å². The lowest BCUT2D eigenvalue weighted by Crippen LogP contribution is -2.50. The number of benzene rings is 1. The monoisotopic (exact) mass is 431 g/mol. The minimum absolute atomic E-state index is 0.0733. The predicted molar refractivity (Wildman–Crippen MR) is 110 cm³/mol. The van der Waals surface area contributed by atoms with Crippen LogP contribution in [0, 0.1) is 6.92 Å². The third-order valence-corrected chi connectivity index (χ3v) is 7.69. The number of amides is 1. The van der Waals surface area contributed by atoms with Crippen molar-refractivity contribution in [1.29, 1.82) is 0 Å². The number of thiophene rings is 1. The molecule has 1 fully saturated rings. The number of hydrogen-bond acceptors (Lipinski definition) is 6. The van der Waals surface area contributed by atoms with Crippen molar-refractivity contribution in [3.05, 3.63) is 59.3 Å². The van der Waals surface area contributed by atoms with E-state index in [1.807, 2.05) is 17.5 Å². The van der Waals surface area contributed by atoms with Crippen LogP contribution in [-0.4, -0.2) is 54.7 Å². The number of carbonyl (C=O) groups excluding carboxylic acids is 1. The van der Waals surface area contributed by atoms with Gasteiger partial charge in [-0.15, -0.1) is 11.3 Å². The van der Waals surface area contributed by atoms with Crippen molar-refractivity contribution in [2.24, 2.45) is 0 Å². The highest BCUT2D eigenvalue weighted by Crippen LogP contribution is 2.26. The van der Waals surface area contributed by atoms with Crippen molar-refractivity contribution < 1.29 is 17.6 Å². The summed E-state index contributed by atoms with van der Waals surface area (Å²) in [4.78, 5) is 20.1. The van der Waals surface area contributed by atoms with Gasteiger partial charge in [-0.05, 0) is 30.5 Å². The lowest BCUT2D eigenvalue weighted by molar-refractivity contribution is -0.131. The Bertz CT molecular complexity index is 1080. The summed E-state index contributed by atoms with van der Waals surface area (Å²) in [5, 5.41) is 1.95. The largest absolute Gasteiger partial charge is 0.440 e. The molecule has 1 amide bonds. The zero-order chi connectivity index (χ0) is 20.4. The van der Waals surface area contributed by atoms with E-state index < -0.39 is 10.0 Å². The number of carbonyl (C=O) groups is 1. The van der Waals surface area contributed by atoms with Crippen LogP contribution in [0.4, 0.5) is 0 Å². The molecule has 0 N–H and O–H groups in total. The second-order valence-corrected chi connectivity index (χ2v) is 9.66. The van der Waals surface area contributed by atoms with Crippen LogP contribution in [0.3, 0.4) is 0 Å². The Hall–Kier alpha value is -2.49. The molecule has 0 radical (unpaired) electrons. The molecule has 29 heavy (non-hydrogen) atoms. The zero-order valence-electron chi connectivity index (χ0n) is 15.9. The maximum Gasteiger partial charge on any atom is 0.243 e. The first kappa shape index (κ1) is 19.8. The van der Waals surface area contributed by atoms with Crippen molar-refractivity contribution >= 4 is 27.3 Å². The quantitative estimate of drug-likeness (QED) is 0.620. The first-order chi connectivity index (χ1) is 13.9. The van der Waals surface area contributed by atoms with Crippen LogP contribution in [-0.2, 0) is 21.2 Å². The van der Waals surface area contributed by atoms with Crippen LogP contribution in [0.1, 0.15) is 11.5 Å². The van der Waals surface area contributed by atoms with E-state index in [-0.39, 0.29) is 30.3 Å². The fourth-order valence-electron chi connectivity index (χ4n) is 3.27. The van der Waals surface area contributed by atoms with Gasteiger partial charge in [0.05, 0.1) is 21.9 Å². The van der Waals surface area contributed by atoms with E-state index in [0.29, 0.717) is 30.4 Å². The summed E-state index contributed by atoms with van der Waals surface area (Å²) in [6.45, 7) is 3.08. The standard InChI is InChI=1S/C20H21N3O4S2/c1-15-17(21-20(27-15)18-8-5-13-28-18)14-19(24)22-9-11-23(12-10-22)29(25,26)16-6-3-2-4-7-16/h2-8,13H,9-12,14H2,1H3. The number of oxazole rings is 1. The summed E-state index contributed by atoms with van der Waals surface area (Å²) in [5.74, 6) is 1.09. The van der Waals surface area contributed by atoms with Gasteiger partial charge in [0.2, 0.25) is 21.8 Å². The average molecular weight is 432 g/mol. The Morgan fingerprint density at radius 3 is 2.48 bits per heavy atom. The molecule has 0 saturated carbocycles. The Labute approximate surface area is 173 Å². The van der Waals surface area contributed by atoms with Gasteiger partial charge in [-0.1, -0.05) is 24.3 Å². The molecule has 9 heteroatoms. The number of piperazine rings is 1. The molecule has 0 unspecified atom stereocenters. The van der Waals surface area contributed by atoms with Gasteiger partial charge in [-0.2, -0.15) is 4.31 Å². The van der Waals surface area contributed by atoms with E-state index in [0.717, 1.165) is 4.88 Å². The first-order valence-corrected chi connectivity index (χ1v) is 11.6. The SMILES string of the molecule is Cc1oc(-c2cccs2)nc1CC(=O)N1CCN(S(=O)(=O)c2ccccc2)CC1. The van der Waals surface area contributed by atoms with E-state index in [4.69, 9.17) is 4.42 Å². The summed E-state index contributed by atoms with van der Waals surface area (Å²) in [7, 11) is -3.53. The lowest BCUT2D eigenvalue weighted by atomic mass is 10.2. The molecule has 3 aromatic rings. The van der Waals surface area contributed by atoms with Gasteiger partial charge in [0.25, 0.3) is 0 Å². The van der Waals surface area contributed by atoms with Crippen molar-refractivity contribution in [2.75, 3.05) is 26.2 Å². The molecule has 0 spiro atoms. The van der Waals surface area contributed by atoms with Crippen LogP contribution in [0.25, 0.3) is 10.8 Å². The molecule has 1 saturated heterocycles. The molecule has 3 heterocycles. The molecular formula is C20H21N3O4S2. The van der Waals surface area contributed by atoms with Crippen molar-refractivity contribution in [3.8, 4) is 10.8 Å². The number of aromatic nitrogens is 1. The van der Waals surface area contributed by atoms with Crippen LogP contribution in [0.15, 0.2) is 57.2 Å². The van der Waals surface area contributed by atoms with E-state index >= 15 is 0 Å². The summed E-state index contributed by atoms with van der Waals surface area (Å²) >= 11 is 1.53. The number of nitrogens with zero attached hydrogens (tertiary/aromatic N) is 3. The third kappa shape index (κ3) is 4.12. The fourth-order valence-corrected chi connectivity index (χ4v) is 5.36. The molecule has 1 aromatic carbocycles. The van der Waals surface area contributed by atoms with Crippen LogP contribution < -0.4 is 0 Å². The van der Waals surface area contributed by atoms with Gasteiger partial charge in [-0.25, -0.2) is 13.4 Å². The normalized spacial score (nSPS) is 15.6. The minimum atomic E-state index is -3.53. The second kappa shape index (κ2) is 8.10. The number of rotatable bonds is 5. The van der Waals surface area contributed by atoms with Gasteiger partial charge < -0.3 is 9.32 Å². The molecule has 0 aliphatic carbocycles. The summed E-state index contributed by atoms with van der Waals surface area (Å²) < 4.78 is 32.6. The van der Waals surface area contributed by atoms with Crippen LogP contribution in [0.5, 0.6) is 0 Å². The molecule has 2 aromatic heterocycles. The van der Waals surface area contributed by atoms with E-state index in [2.05, 4.69) is 4.98 Å². The second-order valence-electron chi connectivity index (χ2n) is 6.77. The maximum absolute atomic E-state index is 12.7. The molecule has 1 aliphatic heterocycles. The van der Waals surface area contributed by atoms with E-state index in [1.54, 1.807) is 42.2 Å². The number of hydrogen-bond donors (Lipinski definition) is 0. The van der Waals surface area contributed by atoms with E-state index in [1.165, 1.54) is 15.6 Å². The Kier molecular flexibility index (Phi) is 5.53. The highest BCUT2D eigenvalue weighted by atomic mass is 32.2. The molecular weight excluding hydrogens is 410 g/mol. The molecule has 1 aliphatic rings. The topological polar surface area (TPSA) is 83.7 Å². The third-order valence-electron chi connectivity index (χ3n) is 4.92. The molecule has 7 nitrogen and oxygen atoms in total. The predicted octanol–water partition coefficient (Wildman–Crippen LogP) is 2.79.